The van der Waals surface area contributed by atoms with Gasteiger partial charge in [-0.3, -0.25) is 0 Å². The van der Waals surface area contributed by atoms with Crippen LogP contribution in [0.5, 0.6) is 0 Å². The predicted molar refractivity (Wildman–Crippen MR) is 79.7 cm³/mol. The number of aliphatic hydroxyl groups is 1. The van der Waals surface area contributed by atoms with Crippen LogP contribution in [0.3, 0.4) is 0 Å². The molecule has 0 aromatic carbocycles. The molecule has 118 valence electrons. The van der Waals surface area contributed by atoms with E-state index in [1.165, 1.54) is 0 Å². The zero-order valence-corrected chi connectivity index (χ0v) is 13.3. The van der Waals surface area contributed by atoms with Crippen molar-refractivity contribution in [1.29, 1.82) is 0 Å². The number of nitrogens with one attached hydrogen (secondary N) is 1. The van der Waals surface area contributed by atoms with E-state index in [1.54, 1.807) is 6.92 Å². The minimum Gasteiger partial charge on any atom is -0.444 e. The summed E-state index contributed by atoms with van der Waals surface area (Å²) in [6.07, 6.45) is 3.31. The molecule has 0 aliphatic carbocycles. The number of hydrogen-bond acceptors (Lipinski definition) is 4. The van der Waals surface area contributed by atoms with E-state index in [9.17, 15) is 9.90 Å². The first-order chi connectivity index (χ1) is 9.28. The molecule has 1 aliphatic heterocycles. The van der Waals surface area contributed by atoms with E-state index >= 15 is 0 Å². The molecule has 0 aromatic rings. The minimum atomic E-state index is -0.432. The summed E-state index contributed by atoms with van der Waals surface area (Å²) < 4.78 is 5.41. The standard InChI is InChI=1S/C15H30N2O3/c1-12(18)7-9-16-13-6-5-10-17(11-8-13)14(19)20-15(2,3)4/h12-13,16,18H,5-11H2,1-4H3. The highest BCUT2D eigenvalue weighted by molar-refractivity contribution is 5.68. The number of rotatable bonds is 4. The van der Waals surface area contributed by atoms with Crippen LogP contribution in [0.4, 0.5) is 4.79 Å². The molecule has 5 nitrogen and oxygen atoms in total. The Morgan fingerprint density at radius 1 is 1.40 bits per heavy atom. The maximum absolute atomic E-state index is 12.0. The van der Waals surface area contributed by atoms with Crippen LogP contribution in [0, 0.1) is 0 Å². The third kappa shape index (κ3) is 7.10. The monoisotopic (exact) mass is 286 g/mol. The van der Waals surface area contributed by atoms with Gasteiger partial charge in [0.05, 0.1) is 6.10 Å². The Morgan fingerprint density at radius 2 is 2.10 bits per heavy atom. The summed E-state index contributed by atoms with van der Waals surface area (Å²) >= 11 is 0. The highest BCUT2D eigenvalue weighted by atomic mass is 16.6. The average molecular weight is 286 g/mol. The van der Waals surface area contributed by atoms with Gasteiger partial charge in [0.15, 0.2) is 0 Å². The fourth-order valence-corrected chi connectivity index (χ4v) is 2.31. The van der Waals surface area contributed by atoms with E-state index in [0.29, 0.717) is 6.04 Å². The number of hydrogen-bond donors (Lipinski definition) is 2. The molecule has 20 heavy (non-hydrogen) atoms. The van der Waals surface area contributed by atoms with Gasteiger partial charge in [-0.05, 0) is 59.9 Å². The molecule has 0 saturated carbocycles. The van der Waals surface area contributed by atoms with Crippen molar-refractivity contribution in [3.63, 3.8) is 0 Å². The summed E-state index contributed by atoms with van der Waals surface area (Å²) in [6.45, 7) is 9.81. The Morgan fingerprint density at radius 3 is 2.70 bits per heavy atom. The summed E-state index contributed by atoms with van der Waals surface area (Å²) in [6, 6.07) is 0.432. The number of ether oxygens (including phenoxy) is 1. The van der Waals surface area contributed by atoms with Crippen LogP contribution in [0.2, 0.25) is 0 Å². The van der Waals surface area contributed by atoms with Gasteiger partial charge in [0, 0.05) is 19.1 Å². The smallest absolute Gasteiger partial charge is 0.410 e. The van der Waals surface area contributed by atoms with Crippen molar-refractivity contribution in [3.8, 4) is 0 Å². The first-order valence-electron chi connectivity index (χ1n) is 7.67. The van der Waals surface area contributed by atoms with Crippen molar-refractivity contribution in [2.24, 2.45) is 0 Å². The molecule has 5 heteroatoms. The van der Waals surface area contributed by atoms with Crippen molar-refractivity contribution in [3.05, 3.63) is 0 Å². The van der Waals surface area contributed by atoms with Crippen molar-refractivity contribution >= 4 is 6.09 Å². The Hall–Kier alpha value is -0.810. The molecular formula is C15H30N2O3. The van der Waals surface area contributed by atoms with Gasteiger partial charge >= 0.3 is 6.09 Å². The second-order valence-corrected chi connectivity index (χ2v) is 6.69. The minimum absolute atomic E-state index is 0.206. The second-order valence-electron chi connectivity index (χ2n) is 6.69. The summed E-state index contributed by atoms with van der Waals surface area (Å²) in [7, 11) is 0. The van der Waals surface area contributed by atoms with Crippen LogP contribution >= 0.6 is 0 Å². The summed E-state index contributed by atoms with van der Waals surface area (Å²) in [4.78, 5) is 13.8. The first kappa shape index (κ1) is 17.2. The van der Waals surface area contributed by atoms with Gasteiger partial charge in [0.2, 0.25) is 0 Å². The fraction of sp³-hybridized carbons (Fsp3) is 0.933. The molecule has 1 heterocycles. The van der Waals surface area contributed by atoms with Crippen LogP contribution in [0.15, 0.2) is 0 Å². The molecule has 2 N–H and O–H groups in total. The lowest BCUT2D eigenvalue weighted by molar-refractivity contribution is 0.0256. The number of nitrogens with zero attached hydrogens (tertiary/aromatic N) is 1. The van der Waals surface area contributed by atoms with Crippen LogP contribution in [0.1, 0.15) is 53.4 Å². The molecule has 0 radical (unpaired) electrons. The normalized spacial score (nSPS) is 22.2. The van der Waals surface area contributed by atoms with E-state index < -0.39 is 5.60 Å². The summed E-state index contributed by atoms with van der Waals surface area (Å²) in [5.74, 6) is 0. The zero-order chi connectivity index (χ0) is 15.2. The largest absolute Gasteiger partial charge is 0.444 e. The first-order valence-corrected chi connectivity index (χ1v) is 7.67. The van der Waals surface area contributed by atoms with E-state index in [0.717, 1.165) is 45.3 Å². The van der Waals surface area contributed by atoms with E-state index in [2.05, 4.69) is 5.32 Å². The molecule has 2 unspecified atom stereocenters. The lowest BCUT2D eigenvalue weighted by atomic mass is 10.1. The molecule has 2 atom stereocenters. The molecule has 1 aliphatic rings. The molecule has 0 aromatic heterocycles. The highest BCUT2D eigenvalue weighted by Crippen LogP contribution is 2.15. The topological polar surface area (TPSA) is 61.8 Å². The maximum atomic E-state index is 12.0. The van der Waals surface area contributed by atoms with Crippen LogP contribution in [-0.4, -0.2) is 53.5 Å². The van der Waals surface area contributed by atoms with Gasteiger partial charge in [0.1, 0.15) is 5.60 Å². The Labute approximate surface area is 122 Å². The number of carbonyl (C=O) groups is 1. The second kappa shape index (κ2) is 7.84. The van der Waals surface area contributed by atoms with Gasteiger partial charge in [-0.15, -0.1) is 0 Å². The number of amides is 1. The molecule has 1 rings (SSSR count). The SMILES string of the molecule is CC(O)CCNC1CCCN(C(=O)OC(C)(C)C)CC1. The molecule has 1 amide bonds. The van der Waals surface area contributed by atoms with Gasteiger partial charge in [0.25, 0.3) is 0 Å². The predicted octanol–water partition coefficient (Wildman–Crippen LogP) is 2.14. The maximum Gasteiger partial charge on any atom is 0.410 e. The molecule has 0 bridgehead atoms. The molecule has 1 fully saturated rings. The van der Waals surface area contributed by atoms with E-state index in [4.69, 9.17) is 4.74 Å². The van der Waals surface area contributed by atoms with Crippen molar-refractivity contribution in [2.75, 3.05) is 19.6 Å². The van der Waals surface area contributed by atoms with Crippen LogP contribution < -0.4 is 5.32 Å². The van der Waals surface area contributed by atoms with Gasteiger partial charge in [-0.25, -0.2) is 4.79 Å². The summed E-state index contributed by atoms with van der Waals surface area (Å²) in [5.41, 5.74) is -0.432. The van der Waals surface area contributed by atoms with E-state index in [1.807, 2.05) is 25.7 Å². The molecular weight excluding hydrogens is 256 g/mol. The number of carbonyl (C=O) groups excluding carboxylic acids is 1. The third-order valence-corrected chi connectivity index (χ3v) is 3.37. The Bertz CT molecular complexity index is 300. The number of likely N-dealkylation sites (tertiary alicyclic amines) is 1. The Balaban J connectivity index is 2.33. The van der Waals surface area contributed by atoms with Crippen molar-refractivity contribution in [1.82, 2.24) is 10.2 Å². The zero-order valence-electron chi connectivity index (χ0n) is 13.3. The third-order valence-electron chi connectivity index (χ3n) is 3.37. The van der Waals surface area contributed by atoms with Gasteiger partial charge in [-0.2, -0.15) is 0 Å². The molecule has 1 saturated heterocycles. The Kier molecular flexibility index (Phi) is 6.76. The number of aliphatic hydroxyl groups excluding tert-OH is 1. The molecule has 0 spiro atoms. The average Bonchev–Trinajstić information content (AvgIpc) is 2.52. The van der Waals surface area contributed by atoms with Crippen molar-refractivity contribution in [2.45, 2.75) is 71.1 Å². The van der Waals surface area contributed by atoms with Crippen molar-refractivity contribution < 1.29 is 14.6 Å². The van der Waals surface area contributed by atoms with Crippen LogP contribution in [-0.2, 0) is 4.74 Å². The van der Waals surface area contributed by atoms with Crippen LogP contribution in [0.25, 0.3) is 0 Å². The quantitative estimate of drug-likeness (QED) is 0.831. The highest BCUT2D eigenvalue weighted by Gasteiger charge is 2.24. The lowest BCUT2D eigenvalue weighted by Crippen LogP contribution is -2.38. The summed E-state index contributed by atoms with van der Waals surface area (Å²) in [5, 5.41) is 12.7. The van der Waals surface area contributed by atoms with Gasteiger partial charge in [-0.1, -0.05) is 0 Å². The van der Waals surface area contributed by atoms with Gasteiger partial charge < -0.3 is 20.1 Å². The van der Waals surface area contributed by atoms with E-state index in [-0.39, 0.29) is 12.2 Å². The fourth-order valence-electron chi connectivity index (χ4n) is 2.31. The lowest BCUT2D eigenvalue weighted by Gasteiger charge is -2.26.